The fraction of sp³-hybridized carbons (Fsp3) is 0.482. The fourth-order valence-corrected chi connectivity index (χ4v) is 8.77. The van der Waals surface area contributed by atoms with Crippen molar-refractivity contribution < 1.29 is 24.4 Å². The average Bonchev–Trinajstić information content (AvgIpc) is 3.70. The number of aromatic nitrogens is 4. The summed E-state index contributed by atoms with van der Waals surface area (Å²) < 4.78 is 20.5. The molecular formula is C56H74N4O5. The van der Waals surface area contributed by atoms with Gasteiger partial charge in [0, 0.05) is 40.3 Å². The molecule has 3 atom stereocenters. The van der Waals surface area contributed by atoms with Gasteiger partial charge in [-0.1, -0.05) is 118 Å². The van der Waals surface area contributed by atoms with E-state index in [1.54, 1.807) is 7.11 Å². The Hall–Kier alpha value is -5.57. The van der Waals surface area contributed by atoms with Gasteiger partial charge >= 0.3 is 0 Å². The zero-order chi connectivity index (χ0) is 46.5. The number of phenolic OH excluding ortho intramolecular Hbond substituents is 2. The topological polar surface area (TPSA) is 112 Å². The minimum absolute atomic E-state index is 0.0517. The molecule has 6 rings (SSSR count). The van der Waals surface area contributed by atoms with Crippen molar-refractivity contribution in [2.45, 2.75) is 139 Å². The summed E-state index contributed by atoms with van der Waals surface area (Å²) in [5.41, 5.74) is 6.21. The largest absolute Gasteiger partial charge is 0.507 e. The first-order chi connectivity index (χ1) is 31.6. The Morgan fingerprint density at radius 3 is 1.48 bits per heavy atom. The molecule has 2 N–H and O–H groups in total. The van der Waals surface area contributed by atoms with Gasteiger partial charge in [0.15, 0.2) is 17.5 Å². The van der Waals surface area contributed by atoms with Crippen LogP contribution in [-0.2, 0) is 6.54 Å². The highest BCUT2D eigenvalue weighted by atomic mass is 16.5. The van der Waals surface area contributed by atoms with E-state index in [9.17, 15) is 10.2 Å². The van der Waals surface area contributed by atoms with E-state index in [1.807, 2.05) is 50.2 Å². The lowest BCUT2D eigenvalue weighted by Gasteiger charge is -2.19. The SMILES string of the molecule is CCCCC(CC)COc1ccc(-c2nc(-c3ccc(OCC(CC)CCCC)c(C)c3O)nc(-c3cn(CC(CC)CCCC)c4ccc(-c5ccc(OC)cc5)cc34)n2)c(O)c1C. The van der Waals surface area contributed by atoms with Gasteiger partial charge in [0.05, 0.1) is 31.5 Å². The summed E-state index contributed by atoms with van der Waals surface area (Å²) >= 11 is 0. The maximum Gasteiger partial charge on any atom is 0.167 e. The summed E-state index contributed by atoms with van der Waals surface area (Å²) in [5, 5.41) is 24.9. The van der Waals surface area contributed by atoms with E-state index < -0.39 is 0 Å². The first kappa shape index (κ1) is 48.9. The third-order valence-electron chi connectivity index (χ3n) is 13.5. The van der Waals surface area contributed by atoms with Crippen LogP contribution in [0.1, 0.15) is 130 Å². The van der Waals surface area contributed by atoms with Crippen molar-refractivity contribution in [2.24, 2.45) is 17.8 Å². The van der Waals surface area contributed by atoms with Crippen molar-refractivity contribution >= 4 is 10.9 Å². The Kier molecular flexibility index (Phi) is 17.7. The van der Waals surface area contributed by atoms with E-state index in [2.05, 4.69) is 82.6 Å². The lowest BCUT2D eigenvalue weighted by Crippen LogP contribution is -2.12. The molecule has 9 nitrogen and oxygen atoms in total. The van der Waals surface area contributed by atoms with Crippen LogP contribution in [0.5, 0.6) is 28.7 Å². The number of phenols is 2. The molecule has 0 radical (unpaired) electrons. The van der Waals surface area contributed by atoms with Crippen LogP contribution in [-0.4, -0.2) is 50.1 Å². The lowest BCUT2D eigenvalue weighted by atomic mass is 9.99. The van der Waals surface area contributed by atoms with Crippen LogP contribution in [0.25, 0.3) is 56.2 Å². The maximum atomic E-state index is 11.9. The van der Waals surface area contributed by atoms with Crippen molar-refractivity contribution in [2.75, 3.05) is 20.3 Å². The number of rotatable bonds is 25. The molecule has 2 aromatic heterocycles. The number of fused-ring (bicyclic) bond motifs is 1. The van der Waals surface area contributed by atoms with Gasteiger partial charge in [0.2, 0.25) is 0 Å². The normalized spacial score (nSPS) is 12.9. The van der Waals surface area contributed by atoms with E-state index in [0.717, 1.165) is 111 Å². The van der Waals surface area contributed by atoms with Gasteiger partial charge in [-0.25, -0.2) is 15.0 Å². The molecule has 0 amide bonds. The lowest BCUT2D eigenvalue weighted by molar-refractivity contribution is 0.231. The summed E-state index contributed by atoms with van der Waals surface area (Å²) in [4.78, 5) is 15.4. The highest BCUT2D eigenvalue weighted by molar-refractivity contribution is 5.97. The van der Waals surface area contributed by atoms with Gasteiger partial charge in [0.1, 0.15) is 28.7 Å². The van der Waals surface area contributed by atoms with Gasteiger partial charge in [0.25, 0.3) is 0 Å². The predicted octanol–water partition coefficient (Wildman–Crippen LogP) is 14.9. The zero-order valence-electron chi connectivity index (χ0n) is 40.7. The van der Waals surface area contributed by atoms with Crippen molar-refractivity contribution in [3.05, 3.63) is 84.1 Å². The summed E-state index contributed by atoms with van der Waals surface area (Å²) in [7, 11) is 1.68. The molecule has 0 saturated carbocycles. The number of methoxy groups -OCH3 is 1. The van der Waals surface area contributed by atoms with Crippen LogP contribution in [0.2, 0.25) is 0 Å². The summed E-state index contributed by atoms with van der Waals surface area (Å²) in [5.74, 6) is 4.62. The summed E-state index contributed by atoms with van der Waals surface area (Å²) in [6.07, 6.45) is 15.7. The minimum Gasteiger partial charge on any atom is -0.507 e. The molecule has 348 valence electrons. The molecule has 0 fully saturated rings. The van der Waals surface area contributed by atoms with Crippen LogP contribution < -0.4 is 14.2 Å². The third kappa shape index (κ3) is 11.8. The van der Waals surface area contributed by atoms with E-state index in [1.165, 1.54) is 6.42 Å². The molecule has 0 aliphatic heterocycles. The van der Waals surface area contributed by atoms with E-state index in [4.69, 9.17) is 29.2 Å². The number of unbranched alkanes of at least 4 members (excludes halogenated alkanes) is 3. The molecule has 2 heterocycles. The smallest absolute Gasteiger partial charge is 0.167 e. The number of aromatic hydroxyl groups is 2. The van der Waals surface area contributed by atoms with Crippen molar-refractivity contribution in [1.29, 1.82) is 0 Å². The van der Waals surface area contributed by atoms with Crippen molar-refractivity contribution in [1.82, 2.24) is 19.5 Å². The molecule has 3 unspecified atom stereocenters. The molecule has 4 aromatic carbocycles. The standard InChI is InChI=1S/C56H74N4O5/c1-10-16-19-39(13-4)33-60-34-48(47-32-43(24-29-49(47)60)42-22-25-44(63-9)26-23-42)56-58-54(45-27-30-50(37(7)52(45)61)64-35-40(14-5)20-17-11-2)57-55(59-56)46-28-31-51(38(8)53(46)62)65-36-41(15-6)21-18-12-3/h22-32,34,39-41,61-62H,10-21,33,35-36H2,1-9H3. The molecule has 0 aliphatic rings. The number of ether oxygens (including phenoxy) is 3. The van der Waals surface area contributed by atoms with Crippen LogP contribution in [0.4, 0.5) is 0 Å². The zero-order valence-corrected chi connectivity index (χ0v) is 40.7. The molecule has 6 aromatic rings. The first-order valence-electron chi connectivity index (χ1n) is 24.5. The second-order valence-electron chi connectivity index (χ2n) is 18.0. The number of hydrogen-bond acceptors (Lipinski definition) is 8. The first-order valence-corrected chi connectivity index (χ1v) is 24.5. The Labute approximate surface area is 388 Å². The summed E-state index contributed by atoms with van der Waals surface area (Å²) in [6.45, 7) is 19.1. The maximum absolute atomic E-state index is 11.9. The number of nitrogens with zero attached hydrogens (tertiary/aromatic N) is 4. The Morgan fingerprint density at radius 2 is 1.02 bits per heavy atom. The van der Waals surface area contributed by atoms with Gasteiger partial charge in [-0.3, -0.25) is 0 Å². The molecule has 65 heavy (non-hydrogen) atoms. The minimum atomic E-state index is 0.0517. The Bertz CT molecular complexity index is 2370. The summed E-state index contributed by atoms with van der Waals surface area (Å²) in [6, 6.07) is 22.2. The molecule has 0 spiro atoms. The van der Waals surface area contributed by atoms with Gasteiger partial charge < -0.3 is 29.0 Å². The molecule has 9 heteroatoms. The second kappa shape index (κ2) is 23.6. The van der Waals surface area contributed by atoms with Crippen LogP contribution in [0.3, 0.4) is 0 Å². The Balaban J connectivity index is 1.51. The molecule has 0 aliphatic carbocycles. The van der Waals surface area contributed by atoms with Crippen LogP contribution in [0.15, 0.2) is 72.9 Å². The average molecular weight is 883 g/mol. The van der Waals surface area contributed by atoms with Crippen molar-refractivity contribution in [3.63, 3.8) is 0 Å². The van der Waals surface area contributed by atoms with Gasteiger partial charge in [-0.15, -0.1) is 0 Å². The predicted molar refractivity (Wildman–Crippen MR) is 267 cm³/mol. The van der Waals surface area contributed by atoms with Crippen LogP contribution >= 0.6 is 0 Å². The highest BCUT2D eigenvalue weighted by Crippen LogP contribution is 2.42. The Morgan fingerprint density at radius 1 is 0.554 bits per heavy atom. The van der Waals surface area contributed by atoms with E-state index in [0.29, 0.717) is 82.2 Å². The molecule has 0 bridgehead atoms. The van der Waals surface area contributed by atoms with Crippen LogP contribution in [0, 0.1) is 31.6 Å². The number of hydrogen-bond donors (Lipinski definition) is 2. The van der Waals surface area contributed by atoms with E-state index >= 15 is 0 Å². The molecule has 0 saturated heterocycles. The molecular weight excluding hydrogens is 809 g/mol. The highest BCUT2D eigenvalue weighted by Gasteiger charge is 2.24. The third-order valence-corrected chi connectivity index (χ3v) is 13.5. The fourth-order valence-electron chi connectivity index (χ4n) is 8.77. The van der Waals surface area contributed by atoms with E-state index in [-0.39, 0.29) is 11.5 Å². The van der Waals surface area contributed by atoms with Crippen molar-refractivity contribution in [3.8, 4) is 74.0 Å². The number of benzene rings is 4. The second-order valence-corrected chi connectivity index (χ2v) is 18.0. The van der Waals surface area contributed by atoms with Gasteiger partial charge in [-0.05, 0) is 111 Å². The van der Waals surface area contributed by atoms with Gasteiger partial charge in [-0.2, -0.15) is 0 Å². The monoisotopic (exact) mass is 883 g/mol. The quantitative estimate of drug-likeness (QED) is 0.0585.